The zero-order valence-electron chi connectivity index (χ0n) is 10.4. The number of hydrogen-bond donors (Lipinski definition) is 1. The van der Waals surface area contributed by atoms with E-state index in [1.54, 1.807) is 0 Å². The molecule has 0 saturated heterocycles. The van der Waals surface area contributed by atoms with E-state index in [1.165, 1.54) is 57.8 Å². The second-order valence-electron chi connectivity index (χ2n) is 5.33. The summed E-state index contributed by atoms with van der Waals surface area (Å²) in [6.45, 7) is 0. The summed E-state index contributed by atoms with van der Waals surface area (Å²) < 4.78 is 0. The maximum absolute atomic E-state index is 12.0. The largest absolute Gasteiger partial charge is 0.335 e. The van der Waals surface area contributed by atoms with Crippen molar-refractivity contribution in [1.29, 1.82) is 0 Å². The van der Waals surface area contributed by atoms with Crippen LogP contribution in [0.4, 0.5) is 4.79 Å². The first kappa shape index (κ1) is 11.7. The van der Waals surface area contributed by atoms with E-state index in [4.69, 9.17) is 0 Å². The molecule has 0 unspecified atom stereocenters. The SMILES string of the molecule is CN(C(=O)NC1CCCCCC1)C1CCC1. The third-order valence-corrected chi connectivity index (χ3v) is 4.13. The van der Waals surface area contributed by atoms with Gasteiger partial charge >= 0.3 is 6.03 Å². The third-order valence-electron chi connectivity index (χ3n) is 4.13. The van der Waals surface area contributed by atoms with E-state index in [2.05, 4.69) is 5.32 Å². The van der Waals surface area contributed by atoms with Crippen LogP contribution in [0.5, 0.6) is 0 Å². The summed E-state index contributed by atoms with van der Waals surface area (Å²) in [5.74, 6) is 0. The lowest BCUT2D eigenvalue weighted by Crippen LogP contribution is -2.49. The standard InChI is InChI=1S/C13H24N2O/c1-15(12-9-6-10-12)13(16)14-11-7-4-2-3-5-8-11/h11-12H,2-10H2,1H3,(H,14,16). The predicted molar refractivity (Wildman–Crippen MR) is 65.4 cm³/mol. The number of nitrogens with one attached hydrogen (secondary N) is 1. The molecule has 16 heavy (non-hydrogen) atoms. The molecular weight excluding hydrogens is 200 g/mol. The fourth-order valence-electron chi connectivity index (χ4n) is 2.64. The Bertz CT molecular complexity index is 230. The van der Waals surface area contributed by atoms with Gasteiger partial charge in [-0.2, -0.15) is 0 Å². The van der Waals surface area contributed by atoms with Crippen LogP contribution in [0.15, 0.2) is 0 Å². The molecule has 0 bridgehead atoms. The molecule has 2 aliphatic rings. The molecule has 2 rings (SSSR count). The first-order valence-corrected chi connectivity index (χ1v) is 6.80. The molecule has 0 aromatic rings. The van der Waals surface area contributed by atoms with Gasteiger partial charge in [-0.1, -0.05) is 25.7 Å². The molecule has 2 fully saturated rings. The van der Waals surface area contributed by atoms with Crippen molar-refractivity contribution in [2.24, 2.45) is 0 Å². The molecule has 0 aromatic carbocycles. The summed E-state index contributed by atoms with van der Waals surface area (Å²) in [6.07, 6.45) is 11.2. The van der Waals surface area contributed by atoms with Crippen LogP contribution in [0.25, 0.3) is 0 Å². The number of rotatable bonds is 2. The van der Waals surface area contributed by atoms with Gasteiger partial charge in [0.15, 0.2) is 0 Å². The Hall–Kier alpha value is -0.730. The van der Waals surface area contributed by atoms with Gasteiger partial charge < -0.3 is 10.2 Å². The van der Waals surface area contributed by atoms with Crippen molar-refractivity contribution in [2.75, 3.05) is 7.05 Å². The Morgan fingerprint density at radius 3 is 2.12 bits per heavy atom. The Kier molecular flexibility index (Phi) is 4.08. The molecule has 2 saturated carbocycles. The smallest absolute Gasteiger partial charge is 0.317 e. The van der Waals surface area contributed by atoms with Crippen molar-refractivity contribution in [3.63, 3.8) is 0 Å². The molecule has 0 radical (unpaired) electrons. The summed E-state index contributed by atoms with van der Waals surface area (Å²) >= 11 is 0. The monoisotopic (exact) mass is 224 g/mol. The average Bonchev–Trinajstić information content (AvgIpc) is 2.43. The van der Waals surface area contributed by atoms with Gasteiger partial charge in [0.1, 0.15) is 0 Å². The van der Waals surface area contributed by atoms with Crippen LogP contribution in [0.3, 0.4) is 0 Å². The lowest BCUT2D eigenvalue weighted by atomic mass is 9.92. The molecule has 2 aliphatic carbocycles. The van der Waals surface area contributed by atoms with E-state index in [1.807, 2.05) is 11.9 Å². The van der Waals surface area contributed by atoms with Gasteiger partial charge in [0, 0.05) is 19.1 Å². The normalized spacial score (nSPS) is 23.3. The van der Waals surface area contributed by atoms with Crippen molar-refractivity contribution >= 4 is 6.03 Å². The van der Waals surface area contributed by atoms with Crippen LogP contribution >= 0.6 is 0 Å². The van der Waals surface area contributed by atoms with Gasteiger partial charge in [-0.3, -0.25) is 0 Å². The van der Waals surface area contributed by atoms with Crippen LogP contribution in [-0.4, -0.2) is 30.1 Å². The fraction of sp³-hybridized carbons (Fsp3) is 0.923. The van der Waals surface area contributed by atoms with Crippen LogP contribution in [0.2, 0.25) is 0 Å². The van der Waals surface area contributed by atoms with Gasteiger partial charge in [-0.05, 0) is 32.1 Å². The minimum absolute atomic E-state index is 0.150. The first-order valence-electron chi connectivity index (χ1n) is 6.80. The van der Waals surface area contributed by atoms with Gasteiger partial charge in [-0.25, -0.2) is 4.79 Å². The quantitative estimate of drug-likeness (QED) is 0.719. The van der Waals surface area contributed by atoms with Gasteiger partial charge in [0.25, 0.3) is 0 Å². The van der Waals surface area contributed by atoms with Crippen LogP contribution in [0.1, 0.15) is 57.8 Å². The van der Waals surface area contributed by atoms with Crippen molar-refractivity contribution in [2.45, 2.75) is 69.9 Å². The van der Waals surface area contributed by atoms with Crippen LogP contribution < -0.4 is 5.32 Å². The lowest BCUT2D eigenvalue weighted by Gasteiger charge is -2.35. The molecule has 0 heterocycles. The molecule has 0 spiro atoms. The zero-order valence-corrected chi connectivity index (χ0v) is 10.4. The molecule has 2 amide bonds. The van der Waals surface area contributed by atoms with E-state index >= 15 is 0 Å². The van der Waals surface area contributed by atoms with E-state index < -0.39 is 0 Å². The molecule has 0 atom stereocenters. The lowest BCUT2D eigenvalue weighted by molar-refractivity contribution is 0.153. The third kappa shape index (κ3) is 2.89. The van der Waals surface area contributed by atoms with Crippen molar-refractivity contribution < 1.29 is 4.79 Å². The average molecular weight is 224 g/mol. The number of amides is 2. The number of hydrogen-bond acceptors (Lipinski definition) is 1. The molecule has 3 nitrogen and oxygen atoms in total. The Labute approximate surface area is 98.6 Å². The minimum Gasteiger partial charge on any atom is -0.335 e. The molecule has 0 aliphatic heterocycles. The highest BCUT2D eigenvalue weighted by Gasteiger charge is 2.26. The van der Waals surface area contributed by atoms with Gasteiger partial charge in [-0.15, -0.1) is 0 Å². The highest BCUT2D eigenvalue weighted by Crippen LogP contribution is 2.24. The topological polar surface area (TPSA) is 32.3 Å². The summed E-state index contributed by atoms with van der Waals surface area (Å²) in [5, 5.41) is 3.19. The summed E-state index contributed by atoms with van der Waals surface area (Å²) in [7, 11) is 1.94. The summed E-state index contributed by atoms with van der Waals surface area (Å²) in [5.41, 5.74) is 0. The van der Waals surface area contributed by atoms with Crippen LogP contribution in [0, 0.1) is 0 Å². The Morgan fingerprint density at radius 2 is 1.62 bits per heavy atom. The molecule has 0 aromatic heterocycles. The second kappa shape index (κ2) is 5.55. The van der Waals surface area contributed by atoms with E-state index in [0.29, 0.717) is 12.1 Å². The van der Waals surface area contributed by atoms with Crippen molar-refractivity contribution in [1.82, 2.24) is 10.2 Å². The second-order valence-corrected chi connectivity index (χ2v) is 5.33. The molecular formula is C13H24N2O. The molecule has 1 N–H and O–H groups in total. The van der Waals surface area contributed by atoms with Gasteiger partial charge in [0.2, 0.25) is 0 Å². The van der Waals surface area contributed by atoms with Crippen molar-refractivity contribution in [3.05, 3.63) is 0 Å². The van der Waals surface area contributed by atoms with Crippen molar-refractivity contribution in [3.8, 4) is 0 Å². The fourth-order valence-corrected chi connectivity index (χ4v) is 2.64. The van der Waals surface area contributed by atoms with E-state index in [0.717, 1.165) is 0 Å². The zero-order chi connectivity index (χ0) is 11.4. The maximum Gasteiger partial charge on any atom is 0.317 e. The maximum atomic E-state index is 12.0. The summed E-state index contributed by atoms with van der Waals surface area (Å²) in [6, 6.07) is 1.08. The number of urea groups is 1. The highest BCUT2D eigenvalue weighted by molar-refractivity contribution is 5.74. The Balaban J connectivity index is 1.76. The highest BCUT2D eigenvalue weighted by atomic mass is 16.2. The summed E-state index contributed by atoms with van der Waals surface area (Å²) in [4.78, 5) is 13.9. The number of carbonyl (C=O) groups excluding carboxylic acids is 1. The first-order chi connectivity index (χ1) is 7.77. The Morgan fingerprint density at radius 1 is 1.00 bits per heavy atom. The van der Waals surface area contributed by atoms with E-state index in [9.17, 15) is 4.79 Å². The molecule has 3 heteroatoms. The minimum atomic E-state index is 0.150. The van der Waals surface area contributed by atoms with E-state index in [-0.39, 0.29) is 6.03 Å². The van der Waals surface area contributed by atoms with Gasteiger partial charge in [0.05, 0.1) is 0 Å². The number of nitrogens with zero attached hydrogens (tertiary/aromatic N) is 1. The molecule has 92 valence electrons. The van der Waals surface area contributed by atoms with Crippen LogP contribution in [-0.2, 0) is 0 Å². The number of carbonyl (C=O) groups is 1. The predicted octanol–water partition coefficient (Wildman–Crippen LogP) is 2.90.